The van der Waals surface area contributed by atoms with Crippen LogP contribution in [-0.2, 0) is 29.1 Å². The fraction of sp³-hybridized carbons (Fsp3) is 0.130. The number of benzene rings is 3. The fourth-order valence-electron chi connectivity index (χ4n) is 2.90. The molecule has 7 heteroatoms. The fourth-order valence-corrected chi connectivity index (χ4v) is 3.22. The number of hydrogen-bond donors (Lipinski definition) is 2. The number of hydrogen-bond acceptors (Lipinski definition) is 3. The average Bonchev–Trinajstić information content (AvgIpc) is 2.73. The molecular formula is C23H19Cl2NO4. The second kappa shape index (κ2) is 10.1. The first kappa shape index (κ1) is 21.7. The van der Waals surface area contributed by atoms with Gasteiger partial charge in [0.2, 0.25) is 0 Å². The van der Waals surface area contributed by atoms with Crippen molar-refractivity contribution in [1.29, 1.82) is 0 Å². The van der Waals surface area contributed by atoms with Crippen molar-refractivity contribution >= 4 is 35.3 Å². The van der Waals surface area contributed by atoms with Gasteiger partial charge in [-0.3, -0.25) is 4.79 Å². The van der Waals surface area contributed by atoms with Gasteiger partial charge in [-0.15, -0.1) is 0 Å². The van der Waals surface area contributed by atoms with E-state index in [1.54, 1.807) is 24.3 Å². The molecular weight excluding hydrogens is 425 g/mol. The number of amides is 1. The molecule has 0 saturated carbocycles. The maximum Gasteiger partial charge on any atom is 0.407 e. The van der Waals surface area contributed by atoms with E-state index in [-0.39, 0.29) is 13.0 Å². The zero-order valence-electron chi connectivity index (χ0n) is 15.9. The Balaban J connectivity index is 1.58. The number of carbonyl (C=O) groups excluding carboxylic acids is 1. The molecule has 2 N–H and O–H groups in total. The predicted octanol–water partition coefficient (Wildman–Crippen LogP) is 5.71. The van der Waals surface area contributed by atoms with Crippen LogP contribution in [0.5, 0.6) is 0 Å². The van der Waals surface area contributed by atoms with Crippen LogP contribution < -0.4 is 5.32 Å². The molecule has 3 aromatic carbocycles. The summed E-state index contributed by atoms with van der Waals surface area (Å²) in [7, 11) is 0. The van der Waals surface area contributed by atoms with Crippen molar-refractivity contribution in [3.63, 3.8) is 0 Å². The monoisotopic (exact) mass is 443 g/mol. The van der Waals surface area contributed by atoms with Crippen molar-refractivity contribution in [3.8, 4) is 11.1 Å². The molecule has 3 rings (SSSR count). The Morgan fingerprint density at radius 2 is 1.50 bits per heavy atom. The van der Waals surface area contributed by atoms with E-state index in [0.29, 0.717) is 16.6 Å². The van der Waals surface area contributed by atoms with Crippen molar-refractivity contribution in [2.45, 2.75) is 19.6 Å². The number of halogens is 2. The number of carbonyl (C=O) groups is 2. The van der Waals surface area contributed by atoms with Crippen LogP contribution in [0.25, 0.3) is 11.1 Å². The molecule has 0 aliphatic heterocycles. The highest BCUT2D eigenvalue weighted by Gasteiger charge is 2.07. The van der Waals surface area contributed by atoms with E-state index in [1.807, 2.05) is 42.5 Å². The lowest BCUT2D eigenvalue weighted by atomic mass is 10.00. The molecule has 0 atom stereocenters. The summed E-state index contributed by atoms with van der Waals surface area (Å²) in [6, 6.07) is 20.1. The van der Waals surface area contributed by atoms with Gasteiger partial charge in [0.05, 0.1) is 16.5 Å². The summed E-state index contributed by atoms with van der Waals surface area (Å²) in [5.74, 6) is -0.871. The predicted molar refractivity (Wildman–Crippen MR) is 117 cm³/mol. The number of aliphatic carboxylic acids is 1. The average molecular weight is 444 g/mol. The zero-order valence-corrected chi connectivity index (χ0v) is 17.4. The van der Waals surface area contributed by atoms with Crippen molar-refractivity contribution in [1.82, 2.24) is 5.32 Å². The van der Waals surface area contributed by atoms with Gasteiger partial charge >= 0.3 is 12.1 Å². The third-order valence-corrected chi connectivity index (χ3v) is 5.07. The molecule has 0 spiro atoms. The Labute approximate surface area is 184 Å². The topological polar surface area (TPSA) is 75.6 Å². The van der Waals surface area contributed by atoms with Gasteiger partial charge in [0.25, 0.3) is 0 Å². The lowest BCUT2D eigenvalue weighted by molar-refractivity contribution is -0.136. The van der Waals surface area contributed by atoms with E-state index in [9.17, 15) is 9.59 Å². The lowest BCUT2D eigenvalue weighted by Gasteiger charge is -2.10. The van der Waals surface area contributed by atoms with Crippen molar-refractivity contribution in [2.24, 2.45) is 0 Å². The van der Waals surface area contributed by atoms with E-state index in [0.717, 1.165) is 27.8 Å². The van der Waals surface area contributed by atoms with Crippen LogP contribution in [0.15, 0.2) is 66.7 Å². The van der Waals surface area contributed by atoms with E-state index in [2.05, 4.69) is 5.32 Å². The van der Waals surface area contributed by atoms with Crippen LogP contribution in [-0.4, -0.2) is 17.2 Å². The first-order chi connectivity index (χ1) is 14.4. The molecule has 0 aliphatic carbocycles. The van der Waals surface area contributed by atoms with Gasteiger partial charge in [-0.25, -0.2) is 4.79 Å². The third-order valence-electron chi connectivity index (χ3n) is 4.33. The van der Waals surface area contributed by atoms with Gasteiger partial charge in [-0.05, 0) is 46.0 Å². The minimum absolute atomic E-state index is 0.0280. The minimum Gasteiger partial charge on any atom is -0.481 e. The van der Waals surface area contributed by atoms with Crippen LogP contribution in [0.3, 0.4) is 0 Å². The molecule has 0 aliphatic rings. The molecule has 30 heavy (non-hydrogen) atoms. The first-order valence-electron chi connectivity index (χ1n) is 9.15. The van der Waals surface area contributed by atoms with E-state index in [4.69, 9.17) is 33.0 Å². The SMILES string of the molecule is O=C(O)Cc1cccc(-c2cccc(CNC(=O)OCc3ccc(Cl)c(Cl)c3)c2)c1. The Morgan fingerprint density at radius 1 is 0.833 bits per heavy atom. The molecule has 154 valence electrons. The summed E-state index contributed by atoms with van der Waals surface area (Å²) in [5.41, 5.74) is 4.21. The van der Waals surface area contributed by atoms with Gasteiger partial charge in [0.1, 0.15) is 6.61 Å². The van der Waals surface area contributed by atoms with E-state index >= 15 is 0 Å². The lowest BCUT2D eigenvalue weighted by Crippen LogP contribution is -2.23. The summed E-state index contributed by atoms with van der Waals surface area (Å²) in [6.45, 7) is 0.377. The molecule has 5 nitrogen and oxygen atoms in total. The Hall–Kier alpha value is -3.02. The van der Waals surface area contributed by atoms with Crippen LogP contribution >= 0.6 is 23.2 Å². The summed E-state index contributed by atoms with van der Waals surface area (Å²) >= 11 is 11.8. The Morgan fingerprint density at radius 3 is 2.17 bits per heavy atom. The quantitative estimate of drug-likeness (QED) is 0.489. The smallest absolute Gasteiger partial charge is 0.407 e. The molecule has 0 radical (unpaired) electrons. The molecule has 0 unspecified atom stereocenters. The van der Waals surface area contributed by atoms with Gasteiger partial charge in [-0.1, -0.05) is 71.7 Å². The minimum atomic E-state index is -0.871. The maximum absolute atomic E-state index is 12.0. The highest BCUT2D eigenvalue weighted by atomic mass is 35.5. The number of carboxylic acids is 1. The second-order valence-electron chi connectivity index (χ2n) is 6.65. The largest absolute Gasteiger partial charge is 0.481 e. The Kier molecular flexibility index (Phi) is 7.33. The standard InChI is InChI=1S/C23H19Cl2NO4/c24-20-8-7-17(11-21(20)25)14-30-23(29)26-13-16-4-2-6-19(10-16)18-5-1-3-15(9-18)12-22(27)28/h1-11H,12-14H2,(H,26,29)(H,27,28). The summed E-state index contributed by atoms with van der Waals surface area (Å²) < 4.78 is 5.20. The normalized spacial score (nSPS) is 10.5. The number of ether oxygens (including phenoxy) is 1. The Bertz CT molecular complexity index is 1070. The van der Waals surface area contributed by atoms with Crippen molar-refractivity contribution < 1.29 is 19.4 Å². The number of rotatable bonds is 7. The highest BCUT2D eigenvalue weighted by molar-refractivity contribution is 6.42. The molecule has 0 bridgehead atoms. The van der Waals surface area contributed by atoms with Gasteiger partial charge in [0.15, 0.2) is 0 Å². The summed E-state index contributed by atoms with van der Waals surface area (Å²) in [4.78, 5) is 22.9. The summed E-state index contributed by atoms with van der Waals surface area (Å²) in [5, 5.41) is 12.5. The van der Waals surface area contributed by atoms with E-state index < -0.39 is 12.1 Å². The first-order valence-corrected chi connectivity index (χ1v) is 9.91. The number of nitrogens with one attached hydrogen (secondary N) is 1. The molecule has 1 amide bonds. The molecule has 0 fully saturated rings. The van der Waals surface area contributed by atoms with Gasteiger partial charge in [0, 0.05) is 6.54 Å². The van der Waals surface area contributed by atoms with Crippen molar-refractivity contribution in [2.75, 3.05) is 0 Å². The highest BCUT2D eigenvalue weighted by Crippen LogP contribution is 2.23. The third kappa shape index (κ3) is 6.24. The van der Waals surface area contributed by atoms with Crippen LogP contribution in [0.2, 0.25) is 10.0 Å². The van der Waals surface area contributed by atoms with Crippen LogP contribution in [0, 0.1) is 0 Å². The van der Waals surface area contributed by atoms with Gasteiger partial charge in [-0.2, -0.15) is 0 Å². The van der Waals surface area contributed by atoms with Gasteiger partial charge < -0.3 is 15.2 Å². The van der Waals surface area contributed by atoms with Crippen LogP contribution in [0.4, 0.5) is 4.79 Å². The zero-order chi connectivity index (χ0) is 21.5. The number of carboxylic acid groups (broad SMARTS) is 1. The van der Waals surface area contributed by atoms with Crippen LogP contribution in [0.1, 0.15) is 16.7 Å². The summed E-state index contributed by atoms with van der Waals surface area (Å²) in [6.07, 6.45) is -0.574. The molecule has 0 saturated heterocycles. The molecule has 0 heterocycles. The number of alkyl carbamates (subject to hydrolysis) is 1. The molecule has 0 aromatic heterocycles. The van der Waals surface area contributed by atoms with E-state index in [1.165, 1.54) is 0 Å². The second-order valence-corrected chi connectivity index (χ2v) is 7.46. The maximum atomic E-state index is 12.0. The van der Waals surface area contributed by atoms with Crippen molar-refractivity contribution in [3.05, 3.63) is 93.5 Å². The molecule has 3 aromatic rings.